The van der Waals surface area contributed by atoms with Crippen LogP contribution in [-0.2, 0) is 6.42 Å². The smallest absolute Gasteiger partial charge is 0.319 e. The molecule has 3 N–H and O–H groups in total. The van der Waals surface area contributed by atoms with Crippen LogP contribution in [0.2, 0.25) is 0 Å². The van der Waals surface area contributed by atoms with Gasteiger partial charge in [-0.15, -0.1) is 0 Å². The maximum atomic E-state index is 12.4. The summed E-state index contributed by atoms with van der Waals surface area (Å²) in [6, 6.07) is 10.2. The molecule has 0 atom stereocenters. The van der Waals surface area contributed by atoms with E-state index in [9.17, 15) is 4.79 Å². The van der Waals surface area contributed by atoms with E-state index >= 15 is 0 Å². The average molecular weight is 383 g/mol. The molecule has 1 fully saturated rings. The summed E-state index contributed by atoms with van der Waals surface area (Å²) in [6.45, 7) is 2.09. The van der Waals surface area contributed by atoms with Crippen molar-refractivity contribution in [1.29, 1.82) is 0 Å². The number of rotatable bonds is 6. The third-order valence-corrected chi connectivity index (χ3v) is 5.14. The van der Waals surface area contributed by atoms with Crippen LogP contribution in [0.3, 0.4) is 0 Å². The molecule has 0 spiro atoms. The molecule has 1 aromatic carbocycles. The van der Waals surface area contributed by atoms with E-state index in [1.807, 2.05) is 49.3 Å². The molecule has 3 rings (SSSR count). The molecule has 1 aliphatic carbocycles. The number of benzene rings is 1. The van der Waals surface area contributed by atoms with Gasteiger partial charge in [0.25, 0.3) is 0 Å². The van der Waals surface area contributed by atoms with Crippen molar-refractivity contribution in [1.82, 2.24) is 15.3 Å². The van der Waals surface area contributed by atoms with Crippen LogP contribution in [-0.4, -0.2) is 42.2 Å². The first kappa shape index (κ1) is 19.9. The third-order valence-electron chi connectivity index (χ3n) is 5.14. The Hall–Kier alpha value is -2.83. The number of carbonyl (C=O) groups excluding carboxylic acids is 1. The van der Waals surface area contributed by atoms with Gasteiger partial charge < -0.3 is 20.9 Å². The molecule has 0 radical (unpaired) electrons. The number of anilines is 3. The van der Waals surface area contributed by atoms with Crippen molar-refractivity contribution < 1.29 is 4.79 Å². The molecule has 7 heteroatoms. The minimum Gasteiger partial charge on any atom is -0.363 e. The van der Waals surface area contributed by atoms with E-state index in [4.69, 9.17) is 0 Å². The van der Waals surface area contributed by atoms with Gasteiger partial charge in [0, 0.05) is 38.1 Å². The maximum Gasteiger partial charge on any atom is 0.319 e. The molecule has 7 nitrogen and oxygen atoms in total. The first-order chi connectivity index (χ1) is 13.5. The minimum atomic E-state index is -0.126. The Morgan fingerprint density at radius 1 is 1.11 bits per heavy atom. The van der Waals surface area contributed by atoms with E-state index in [0.29, 0.717) is 12.0 Å². The first-order valence-electron chi connectivity index (χ1n) is 9.97. The molecule has 0 unspecified atom stereocenters. The fourth-order valence-electron chi connectivity index (χ4n) is 3.53. The molecule has 1 aromatic heterocycles. The first-order valence-corrected chi connectivity index (χ1v) is 9.97. The van der Waals surface area contributed by atoms with E-state index < -0.39 is 0 Å². The van der Waals surface area contributed by atoms with Gasteiger partial charge in [0.1, 0.15) is 5.82 Å². The van der Waals surface area contributed by atoms with Gasteiger partial charge in [-0.05, 0) is 49.8 Å². The molecule has 1 aliphatic rings. The van der Waals surface area contributed by atoms with Crippen molar-refractivity contribution in [3.8, 4) is 0 Å². The fraction of sp³-hybridized carbons (Fsp3) is 0.476. The van der Waals surface area contributed by atoms with Crippen LogP contribution < -0.4 is 20.9 Å². The fourth-order valence-corrected chi connectivity index (χ4v) is 3.53. The van der Waals surface area contributed by atoms with Crippen LogP contribution in [0.4, 0.5) is 22.2 Å². The van der Waals surface area contributed by atoms with Gasteiger partial charge in [0.15, 0.2) is 0 Å². The second-order valence-electron chi connectivity index (χ2n) is 7.43. The normalized spacial score (nSPS) is 19.0. The molecule has 0 aliphatic heterocycles. The lowest BCUT2D eigenvalue weighted by Crippen LogP contribution is -2.42. The summed E-state index contributed by atoms with van der Waals surface area (Å²) in [5.74, 6) is 1.55. The van der Waals surface area contributed by atoms with Crippen molar-refractivity contribution in [2.45, 2.75) is 51.1 Å². The number of amides is 2. The SMILES string of the molecule is CCc1ccccc1NC(=O)NC1CCC(Nc2nccc(N(C)C)n2)CC1. The Morgan fingerprint density at radius 3 is 2.54 bits per heavy atom. The number of nitrogens with zero attached hydrogens (tertiary/aromatic N) is 3. The highest BCUT2D eigenvalue weighted by Gasteiger charge is 2.23. The van der Waals surface area contributed by atoms with Gasteiger partial charge in [0.05, 0.1) is 0 Å². The summed E-state index contributed by atoms with van der Waals surface area (Å²) in [5, 5.41) is 9.53. The number of aryl methyl sites for hydroxylation is 1. The summed E-state index contributed by atoms with van der Waals surface area (Å²) >= 11 is 0. The van der Waals surface area contributed by atoms with E-state index in [-0.39, 0.29) is 12.1 Å². The van der Waals surface area contributed by atoms with Crippen molar-refractivity contribution in [2.24, 2.45) is 0 Å². The molecule has 1 heterocycles. The van der Waals surface area contributed by atoms with E-state index in [2.05, 4.69) is 32.8 Å². The molecule has 28 heavy (non-hydrogen) atoms. The highest BCUT2D eigenvalue weighted by Crippen LogP contribution is 2.22. The van der Waals surface area contributed by atoms with Crippen molar-refractivity contribution in [3.63, 3.8) is 0 Å². The second-order valence-corrected chi connectivity index (χ2v) is 7.43. The summed E-state index contributed by atoms with van der Waals surface area (Å²) in [5.41, 5.74) is 2.03. The monoisotopic (exact) mass is 382 g/mol. The third kappa shape index (κ3) is 5.34. The zero-order valence-electron chi connectivity index (χ0n) is 16.9. The quantitative estimate of drug-likeness (QED) is 0.710. The molecule has 1 saturated carbocycles. The molecule has 0 bridgehead atoms. The van der Waals surface area contributed by atoms with Gasteiger partial charge in [-0.1, -0.05) is 25.1 Å². The molecule has 2 amide bonds. The summed E-state index contributed by atoms with van der Waals surface area (Å²) in [6.07, 6.45) is 6.50. The van der Waals surface area contributed by atoms with E-state index in [1.54, 1.807) is 6.20 Å². The number of aromatic nitrogens is 2. The molecule has 2 aromatic rings. The van der Waals surface area contributed by atoms with Crippen LogP contribution in [0, 0.1) is 0 Å². The van der Waals surface area contributed by atoms with Gasteiger partial charge in [-0.25, -0.2) is 9.78 Å². The van der Waals surface area contributed by atoms with Gasteiger partial charge in [0.2, 0.25) is 5.95 Å². The van der Waals surface area contributed by atoms with Crippen LogP contribution in [0.25, 0.3) is 0 Å². The topological polar surface area (TPSA) is 82.2 Å². The van der Waals surface area contributed by atoms with Crippen LogP contribution in [0.15, 0.2) is 36.5 Å². The van der Waals surface area contributed by atoms with E-state index in [1.165, 1.54) is 0 Å². The number of hydrogen-bond acceptors (Lipinski definition) is 5. The lowest BCUT2D eigenvalue weighted by molar-refractivity contribution is 0.243. The molecular weight excluding hydrogens is 352 g/mol. The zero-order chi connectivity index (χ0) is 19.9. The van der Waals surface area contributed by atoms with E-state index in [0.717, 1.165) is 49.2 Å². The lowest BCUT2D eigenvalue weighted by atomic mass is 9.91. The second kappa shape index (κ2) is 9.39. The molecular formula is C21H30N6O. The summed E-state index contributed by atoms with van der Waals surface area (Å²) in [4.78, 5) is 23.2. The Labute approximate surface area is 167 Å². The average Bonchev–Trinajstić information content (AvgIpc) is 2.70. The minimum absolute atomic E-state index is 0.126. The van der Waals surface area contributed by atoms with Gasteiger partial charge >= 0.3 is 6.03 Å². The summed E-state index contributed by atoms with van der Waals surface area (Å²) < 4.78 is 0. The molecule has 0 saturated heterocycles. The number of hydrogen-bond donors (Lipinski definition) is 3. The standard InChI is InChI=1S/C21H30N6O/c1-4-15-7-5-6-8-18(15)25-21(28)24-17-11-9-16(10-12-17)23-20-22-14-13-19(26-20)27(2)3/h5-8,13-14,16-17H,4,9-12H2,1-3H3,(H,22,23,26)(H2,24,25,28). The van der Waals surface area contributed by atoms with Crippen LogP contribution in [0.5, 0.6) is 0 Å². The van der Waals surface area contributed by atoms with Crippen LogP contribution in [0.1, 0.15) is 38.2 Å². The van der Waals surface area contributed by atoms with Crippen molar-refractivity contribution in [3.05, 3.63) is 42.1 Å². The number of para-hydroxylation sites is 1. The molecule has 150 valence electrons. The Morgan fingerprint density at radius 2 is 1.82 bits per heavy atom. The number of urea groups is 1. The predicted octanol–water partition coefficient (Wildman–Crippen LogP) is 3.65. The predicted molar refractivity (Wildman–Crippen MR) is 114 cm³/mol. The van der Waals surface area contributed by atoms with Gasteiger partial charge in [-0.3, -0.25) is 0 Å². The van der Waals surface area contributed by atoms with Crippen LogP contribution >= 0.6 is 0 Å². The van der Waals surface area contributed by atoms with Crippen molar-refractivity contribution >= 4 is 23.5 Å². The number of carbonyl (C=O) groups is 1. The Kier molecular flexibility index (Phi) is 6.68. The zero-order valence-corrected chi connectivity index (χ0v) is 16.9. The largest absolute Gasteiger partial charge is 0.363 e. The highest BCUT2D eigenvalue weighted by atomic mass is 16.2. The lowest BCUT2D eigenvalue weighted by Gasteiger charge is -2.30. The highest BCUT2D eigenvalue weighted by molar-refractivity contribution is 5.90. The van der Waals surface area contributed by atoms with Crippen molar-refractivity contribution in [2.75, 3.05) is 29.6 Å². The van der Waals surface area contributed by atoms with Gasteiger partial charge in [-0.2, -0.15) is 4.98 Å². The Balaban J connectivity index is 1.46. The summed E-state index contributed by atoms with van der Waals surface area (Å²) in [7, 11) is 3.93. The maximum absolute atomic E-state index is 12.4. The number of nitrogens with one attached hydrogen (secondary N) is 3. The Bertz CT molecular complexity index is 786.